The number of imidazole rings is 2. The van der Waals surface area contributed by atoms with Crippen LogP contribution >= 0.6 is 0 Å². The van der Waals surface area contributed by atoms with Gasteiger partial charge in [0.1, 0.15) is 17.8 Å². The van der Waals surface area contributed by atoms with E-state index in [2.05, 4.69) is 39.5 Å². The van der Waals surface area contributed by atoms with Crippen LogP contribution in [0.3, 0.4) is 0 Å². The predicted molar refractivity (Wildman–Crippen MR) is 88.8 cm³/mol. The molecule has 0 radical (unpaired) electrons. The van der Waals surface area contributed by atoms with E-state index in [1.807, 2.05) is 24.0 Å². The molecule has 1 aliphatic rings. The molecule has 3 heterocycles. The molecule has 6 nitrogen and oxygen atoms in total. The maximum atomic E-state index is 10.6. The molecule has 0 amide bonds. The lowest BCUT2D eigenvalue weighted by Crippen LogP contribution is -2.36. The van der Waals surface area contributed by atoms with Gasteiger partial charge in [-0.2, -0.15) is 0 Å². The minimum absolute atomic E-state index is 0.289. The van der Waals surface area contributed by atoms with Crippen LogP contribution in [-0.4, -0.2) is 42.2 Å². The second kappa shape index (κ2) is 6.84. The highest BCUT2D eigenvalue weighted by Crippen LogP contribution is 2.30. The SMILES string of the molecule is CC(C)n1ccnc1CN1CCC(C(O)c2nccn2C)CC1. The molecular formula is C17H27N5O. The summed E-state index contributed by atoms with van der Waals surface area (Å²) >= 11 is 0. The molecule has 1 saturated heterocycles. The van der Waals surface area contributed by atoms with Gasteiger partial charge in [0, 0.05) is 37.9 Å². The van der Waals surface area contributed by atoms with Crippen molar-refractivity contribution in [2.75, 3.05) is 13.1 Å². The molecule has 1 atom stereocenters. The minimum atomic E-state index is -0.463. The number of rotatable bonds is 5. The number of aliphatic hydroxyl groups is 1. The summed E-state index contributed by atoms with van der Waals surface area (Å²) in [6.07, 6.45) is 9.10. The third-order valence-corrected chi connectivity index (χ3v) is 4.87. The summed E-state index contributed by atoms with van der Waals surface area (Å²) in [7, 11) is 1.94. The summed E-state index contributed by atoms with van der Waals surface area (Å²) in [5, 5.41) is 10.6. The lowest BCUT2D eigenvalue weighted by molar-refractivity contribution is 0.0482. The largest absolute Gasteiger partial charge is 0.385 e. The average Bonchev–Trinajstić information content (AvgIpc) is 3.16. The first kappa shape index (κ1) is 16.2. The van der Waals surface area contributed by atoms with Crippen LogP contribution in [0.25, 0.3) is 0 Å². The van der Waals surface area contributed by atoms with Gasteiger partial charge in [0.15, 0.2) is 0 Å². The summed E-state index contributed by atoms with van der Waals surface area (Å²) in [5.41, 5.74) is 0. The van der Waals surface area contributed by atoms with E-state index >= 15 is 0 Å². The summed E-state index contributed by atoms with van der Waals surface area (Å²) in [5.74, 6) is 2.19. The summed E-state index contributed by atoms with van der Waals surface area (Å²) < 4.78 is 4.14. The van der Waals surface area contributed by atoms with Gasteiger partial charge in [-0.25, -0.2) is 9.97 Å². The van der Waals surface area contributed by atoms with Gasteiger partial charge in [-0.15, -0.1) is 0 Å². The van der Waals surface area contributed by atoms with E-state index in [1.165, 1.54) is 0 Å². The van der Waals surface area contributed by atoms with Crippen LogP contribution in [0, 0.1) is 5.92 Å². The molecule has 23 heavy (non-hydrogen) atoms. The van der Waals surface area contributed by atoms with E-state index in [0.29, 0.717) is 6.04 Å². The highest BCUT2D eigenvalue weighted by Gasteiger charge is 2.28. The summed E-state index contributed by atoms with van der Waals surface area (Å²) in [6, 6.07) is 0.440. The van der Waals surface area contributed by atoms with E-state index in [-0.39, 0.29) is 5.92 Å². The highest BCUT2D eigenvalue weighted by atomic mass is 16.3. The zero-order valence-corrected chi connectivity index (χ0v) is 14.3. The van der Waals surface area contributed by atoms with Crippen LogP contribution in [0.15, 0.2) is 24.8 Å². The molecule has 1 unspecified atom stereocenters. The quantitative estimate of drug-likeness (QED) is 0.918. The minimum Gasteiger partial charge on any atom is -0.385 e. The average molecular weight is 317 g/mol. The van der Waals surface area contributed by atoms with Crippen molar-refractivity contribution in [1.29, 1.82) is 0 Å². The number of hydrogen-bond donors (Lipinski definition) is 1. The predicted octanol–water partition coefficient (Wildman–Crippen LogP) is 2.14. The van der Waals surface area contributed by atoms with Crippen molar-refractivity contribution in [3.63, 3.8) is 0 Å². The number of likely N-dealkylation sites (tertiary alicyclic amines) is 1. The number of aromatic nitrogens is 4. The Morgan fingerprint density at radius 2 is 1.87 bits per heavy atom. The van der Waals surface area contributed by atoms with Crippen molar-refractivity contribution in [3.05, 3.63) is 36.4 Å². The van der Waals surface area contributed by atoms with E-state index < -0.39 is 6.10 Å². The Balaban J connectivity index is 1.56. The van der Waals surface area contributed by atoms with Crippen molar-refractivity contribution in [3.8, 4) is 0 Å². The molecule has 0 saturated carbocycles. The molecule has 1 fully saturated rings. The van der Waals surface area contributed by atoms with Crippen molar-refractivity contribution >= 4 is 0 Å². The van der Waals surface area contributed by atoms with Crippen LogP contribution in [0.5, 0.6) is 0 Å². The number of hydrogen-bond acceptors (Lipinski definition) is 4. The Hall–Kier alpha value is -1.66. The van der Waals surface area contributed by atoms with Gasteiger partial charge in [0.2, 0.25) is 0 Å². The molecule has 0 spiro atoms. The Morgan fingerprint density at radius 3 is 2.48 bits per heavy atom. The standard InChI is InChI=1S/C17H27N5O/c1-13(2)22-11-7-18-15(22)12-21-8-4-14(5-9-21)16(23)17-19-6-10-20(17)3/h6-7,10-11,13-14,16,23H,4-5,8-9,12H2,1-3H3. The maximum Gasteiger partial charge on any atom is 0.137 e. The third-order valence-electron chi connectivity index (χ3n) is 4.87. The highest BCUT2D eigenvalue weighted by molar-refractivity contribution is 4.99. The van der Waals surface area contributed by atoms with Gasteiger partial charge >= 0.3 is 0 Å². The van der Waals surface area contributed by atoms with Crippen molar-refractivity contribution in [2.45, 2.75) is 45.4 Å². The third kappa shape index (κ3) is 3.48. The van der Waals surface area contributed by atoms with Gasteiger partial charge in [0.05, 0.1) is 6.54 Å². The first-order chi connectivity index (χ1) is 11.1. The van der Waals surface area contributed by atoms with Gasteiger partial charge in [-0.05, 0) is 45.7 Å². The number of piperidine rings is 1. The Labute approximate surface area is 137 Å². The Morgan fingerprint density at radius 1 is 1.17 bits per heavy atom. The molecule has 0 aromatic carbocycles. The second-order valence-electron chi connectivity index (χ2n) is 6.80. The lowest BCUT2D eigenvalue weighted by atomic mass is 9.90. The van der Waals surface area contributed by atoms with Gasteiger partial charge in [-0.1, -0.05) is 0 Å². The fraction of sp³-hybridized carbons (Fsp3) is 0.647. The monoisotopic (exact) mass is 317 g/mol. The molecule has 2 aromatic heterocycles. The van der Waals surface area contributed by atoms with E-state index in [0.717, 1.165) is 44.1 Å². The van der Waals surface area contributed by atoms with Crippen LogP contribution in [0.1, 0.15) is 50.5 Å². The Kier molecular flexibility index (Phi) is 4.82. The van der Waals surface area contributed by atoms with Crippen LogP contribution in [0.4, 0.5) is 0 Å². The zero-order chi connectivity index (χ0) is 16.4. The number of aryl methyl sites for hydroxylation is 1. The smallest absolute Gasteiger partial charge is 0.137 e. The first-order valence-corrected chi connectivity index (χ1v) is 8.45. The van der Waals surface area contributed by atoms with Crippen molar-refractivity contribution in [1.82, 2.24) is 24.0 Å². The van der Waals surface area contributed by atoms with Gasteiger partial charge in [0.25, 0.3) is 0 Å². The van der Waals surface area contributed by atoms with Crippen LogP contribution in [0.2, 0.25) is 0 Å². The molecule has 0 bridgehead atoms. The molecule has 6 heteroatoms. The fourth-order valence-electron chi connectivity index (χ4n) is 3.44. The van der Waals surface area contributed by atoms with Crippen molar-refractivity contribution < 1.29 is 5.11 Å². The van der Waals surface area contributed by atoms with Gasteiger partial charge in [-0.3, -0.25) is 4.90 Å². The van der Waals surface area contributed by atoms with Crippen molar-refractivity contribution in [2.24, 2.45) is 13.0 Å². The topological polar surface area (TPSA) is 59.1 Å². The van der Waals surface area contributed by atoms with E-state index in [1.54, 1.807) is 6.20 Å². The molecule has 0 aliphatic carbocycles. The lowest BCUT2D eigenvalue weighted by Gasteiger charge is -2.34. The first-order valence-electron chi connectivity index (χ1n) is 8.45. The summed E-state index contributed by atoms with van der Waals surface area (Å²) in [6.45, 7) is 7.24. The molecule has 1 N–H and O–H groups in total. The molecule has 3 rings (SSSR count). The number of aliphatic hydroxyl groups excluding tert-OH is 1. The molecule has 2 aromatic rings. The molecular weight excluding hydrogens is 290 g/mol. The normalized spacial score (nSPS) is 18.7. The number of nitrogens with zero attached hydrogens (tertiary/aromatic N) is 5. The summed E-state index contributed by atoms with van der Waals surface area (Å²) in [4.78, 5) is 11.2. The van der Waals surface area contributed by atoms with E-state index in [9.17, 15) is 5.11 Å². The second-order valence-corrected chi connectivity index (χ2v) is 6.80. The van der Waals surface area contributed by atoms with Gasteiger partial charge < -0.3 is 14.2 Å². The maximum absolute atomic E-state index is 10.6. The van der Waals surface area contributed by atoms with Crippen LogP contribution in [-0.2, 0) is 13.6 Å². The zero-order valence-electron chi connectivity index (χ0n) is 14.3. The Bertz CT molecular complexity index is 624. The molecule has 126 valence electrons. The molecule has 1 aliphatic heterocycles. The van der Waals surface area contributed by atoms with Crippen LogP contribution < -0.4 is 0 Å². The van der Waals surface area contributed by atoms with E-state index in [4.69, 9.17) is 0 Å². The fourth-order valence-corrected chi connectivity index (χ4v) is 3.44.